The molecule has 0 saturated carbocycles. The van der Waals surface area contributed by atoms with E-state index in [1.807, 2.05) is 13.8 Å². The lowest BCUT2D eigenvalue weighted by Crippen LogP contribution is -2.53. The Balaban J connectivity index is 1.92. The zero-order valence-corrected chi connectivity index (χ0v) is 21.2. The summed E-state index contributed by atoms with van der Waals surface area (Å²) in [5.41, 5.74) is 0.761. The third-order valence-corrected chi connectivity index (χ3v) is 7.88. The predicted molar refractivity (Wildman–Crippen MR) is 130 cm³/mol. The van der Waals surface area contributed by atoms with Crippen LogP contribution in [-0.4, -0.2) is 61.1 Å². The molecule has 2 aromatic rings. The van der Waals surface area contributed by atoms with E-state index in [1.54, 1.807) is 44.4 Å². The van der Waals surface area contributed by atoms with Crippen LogP contribution in [0.1, 0.15) is 49.5 Å². The van der Waals surface area contributed by atoms with Gasteiger partial charge in [0.2, 0.25) is 11.8 Å². The van der Waals surface area contributed by atoms with Crippen LogP contribution in [0.15, 0.2) is 53.4 Å². The molecule has 188 valence electrons. The average Bonchev–Trinajstić information content (AvgIpc) is 3.04. The zero-order chi connectivity index (χ0) is 25.8. The van der Waals surface area contributed by atoms with Gasteiger partial charge in [-0.15, -0.1) is 0 Å². The fourth-order valence-corrected chi connectivity index (χ4v) is 5.41. The van der Waals surface area contributed by atoms with Crippen molar-refractivity contribution < 1.29 is 27.5 Å². The third-order valence-electron chi connectivity index (χ3n) is 6.09. The molecule has 0 spiro atoms. The fraction of sp³-hybridized carbons (Fsp3) is 0.400. The van der Waals surface area contributed by atoms with Gasteiger partial charge in [-0.25, -0.2) is 12.7 Å². The number of hydrogen-bond donors (Lipinski definition) is 1. The number of methoxy groups -OCH3 is 1. The van der Waals surface area contributed by atoms with Crippen molar-refractivity contribution in [3.63, 3.8) is 0 Å². The summed E-state index contributed by atoms with van der Waals surface area (Å²) < 4.78 is 31.7. The standard InChI is InChI=1S/C25H31N3O6S/c1-5-17(3)26-24(30)21(6-2)27(15-18-11-13-19(34-4)14-12-18)23(29)16-28-25(31)20-9-7-8-10-22(20)35(28,32)33/h7-14,17,21H,5-6,15-16H2,1-4H3,(H,26,30)/t17-,21+/m1/s1. The van der Waals surface area contributed by atoms with Gasteiger partial charge in [0, 0.05) is 12.6 Å². The molecule has 0 unspecified atom stereocenters. The fourth-order valence-electron chi connectivity index (χ4n) is 3.89. The van der Waals surface area contributed by atoms with Gasteiger partial charge in [-0.05, 0) is 49.6 Å². The molecule has 0 fully saturated rings. The molecule has 3 amide bonds. The van der Waals surface area contributed by atoms with E-state index in [0.717, 1.165) is 5.56 Å². The number of benzene rings is 2. The highest BCUT2D eigenvalue weighted by Crippen LogP contribution is 2.30. The van der Waals surface area contributed by atoms with E-state index in [9.17, 15) is 22.8 Å². The first-order chi connectivity index (χ1) is 16.6. The first-order valence-electron chi connectivity index (χ1n) is 11.5. The van der Waals surface area contributed by atoms with Crippen molar-refractivity contribution in [1.82, 2.24) is 14.5 Å². The number of carbonyl (C=O) groups excluding carboxylic acids is 3. The van der Waals surface area contributed by atoms with Crippen molar-refractivity contribution in [3.8, 4) is 5.75 Å². The lowest BCUT2D eigenvalue weighted by atomic mass is 10.1. The van der Waals surface area contributed by atoms with Gasteiger partial charge >= 0.3 is 0 Å². The molecule has 0 aromatic heterocycles. The molecular weight excluding hydrogens is 470 g/mol. The van der Waals surface area contributed by atoms with Crippen molar-refractivity contribution in [1.29, 1.82) is 0 Å². The second kappa shape index (κ2) is 10.9. The molecule has 0 aliphatic carbocycles. The topological polar surface area (TPSA) is 113 Å². The van der Waals surface area contributed by atoms with Crippen molar-refractivity contribution in [3.05, 3.63) is 59.7 Å². The summed E-state index contributed by atoms with van der Waals surface area (Å²) in [5.74, 6) is -1.09. The minimum Gasteiger partial charge on any atom is -0.497 e. The summed E-state index contributed by atoms with van der Waals surface area (Å²) in [7, 11) is -2.62. The molecule has 1 N–H and O–H groups in total. The monoisotopic (exact) mass is 501 g/mol. The second-order valence-electron chi connectivity index (χ2n) is 8.42. The molecule has 1 aliphatic rings. The SMILES string of the molecule is CC[C@@H](C)NC(=O)[C@H](CC)N(Cc1ccc(OC)cc1)C(=O)CN1C(=O)c2ccccc2S1(=O)=O. The molecule has 0 saturated heterocycles. The summed E-state index contributed by atoms with van der Waals surface area (Å²) in [4.78, 5) is 40.7. The Morgan fingerprint density at radius 1 is 1.06 bits per heavy atom. The van der Waals surface area contributed by atoms with Crippen molar-refractivity contribution >= 4 is 27.7 Å². The maximum Gasteiger partial charge on any atom is 0.269 e. The van der Waals surface area contributed by atoms with Gasteiger partial charge in [0.1, 0.15) is 23.2 Å². The van der Waals surface area contributed by atoms with E-state index in [1.165, 1.54) is 23.1 Å². The van der Waals surface area contributed by atoms with E-state index in [-0.39, 0.29) is 29.0 Å². The van der Waals surface area contributed by atoms with Crippen LogP contribution in [-0.2, 0) is 26.2 Å². The van der Waals surface area contributed by atoms with Crippen LogP contribution >= 0.6 is 0 Å². The number of nitrogens with zero attached hydrogens (tertiary/aromatic N) is 2. The number of hydrogen-bond acceptors (Lipinski definition) is 6. The lowest BCUT2D eigenvalue weighted by Gasteiger charge is -2.32. The number of sulfonamides is 1. The molecular formula is C25H31N3O6S. The van der Waals surface area contributed by atoms with Crippen LogP contribution in [0.25, 0.3) is 0 Å². The molecule has 3 rings (SSSR count). The van der Waals surface area contributed by atoms with Crippen molar-refractivity contribution in [2.24, 2.45) is 0 Å². The van der Waals surface area contributed by atoms with Crippen LogP contribution in [0.2, 0.25) is 0 Å². The first kappa shape index (κ1) is 26.2. The molecule has 0 bridgehead atoms. The van der Waals surface area contributed by atoms with Gasteiger partial charge in [-0.2, -0.15) is 0 Å². The Kier molecular flexibility index (Phi) is 8.16. The number of amides is 3. The van der Waals surface area contributed by atoms with E-state index >= 15 is 0 Å². The second-order valence-corrected chi connectivity index (χ2v) is 10.3. The Morgan fingerprint density at radius 3 is 2.29 bits per heavy atom. The van der Waals surface area contributed by atoms with E-state index in [0.29, 0.717) is 22.9 Å². The number of carbonyl (C=O) groups is 3. The van der Waals surface area contributed by atoms with Crippen LogP contribution in [0.3, 0.4) is 0 Å². The van der Waals surface area contributed by atoms with Crippen molar-refractivity contribution in [2.45, 2.75) is 57.1 Å². The van der Waals surface area contributed by atoms with E-state index < -0.39 is 34.4 Å². The zero-order valence-electron chi connectivity index (χ0n) is 20.4. The molecule has 1 aliphatic heterocycles. The number of ether oxygens (including phenoxy) is 1. The summed E-state index contributed by atoms with van der Waals surface area (Å²) in [6.07, 6.45) is 1.03. The maximum absolute atomic E-state index is 13.5. The van der Waals surface area contributed by atoms with Crippen LogP contribution in [0.5, 0.6) is 5.75 Å². The maximum atomic E-state index is 13.5. The van der Waals surface area contributed by atoms with Gasteiger partial charge in [0.25, 0.3) is 15.9 Å². The molecule has 10 heteroatoms. The summed E-state index contributed by atoms with van der Waals surface area (Å²) in [6, 6.07) is 11.9. The Morgan fingerprint density at radius 2 is 1.71 bits per heavy atom. The molecule has 35 heavy (non-hydrogen) atoms. The molecule has 9 nitrogen and oxygen atoms in total. The molecule has 0 radical (unpaired) electrons. The van der Waals surface area contributed by atoms with Crippen LogP contribution in [0.4, 0.5) is 0 Å². The number of nitrogens with one attached hydrogen (secondary N) is 1. The van der Waals surface area contributed by atoms with E-state index in [2.05, 4.69) is 5.32 Å². The first-order valence-corrected chi connectivity index (χ1v) is 13.0. The summed E-state index contributed by atoms with van der Waals surface area (Å²) >= 11 is 0. The van der Waals surface area contributed by atoms with Crippen molar-refractivity contribution in [2.75, 3.05) is 13.7 Å². The summed E-state index contributed by atoms with van der Waals surface area (Å²) in [6.45, 7) is 4.95. The van der Waals surface area contributed by atoms with Gasteiger partial charge in [-0.3, -0.25) is 14.4 Å². The quantitative estimate of drug-likeness (QED) is 0.535. The Labute approximate surface area is 206 Å². The van der Waals surface area contributed by atoms with Gasteiger partial charge in [0.05, 0.1) is 12.7 Å². The minimum absolute atomic E-state index is 0.0311. The number of fused-ring (bicyclic) bond motifs is 1. The van der Waals surface area contributed by atoms with Crippen LogP contribution < -0.4 is 10.1 Å². The number of rotatable bonds is 10. The third kappa shape index (κ3) is 5.48. The Hall–Kier alpha value is -3.40. The largest absolute Gasteiger partial charge is 0.497 e. The highest BCUT2D eigenvalue weighted by Gasteiger charge is 2.43. The molecule has 2 atom stereocenters. The van der Waals surface area contributed by atoms with E-state index in [4.69, 9.17) is 4.74 Å². The van der Waals surface area contributed by atoms with Crippen LogP contribution in [0, 0.1) is 0 Å². The highest BCUT2D eigenvalue weighted by molar-refractivity contribution is 7.90. The smallest absolute Gasteiger partial charge is 0.269 e. The normalized spacial score (nSPS) is 15.8. The minimum atomic E-state index is -4.16. The molecule has 2 aromatic carbocycles. The summed E-state index contributed by atoms with van der Waals surface area (Å²) in [5, 5.41) is 2.90. The predicted octanol–water partition coefficient (Wildman–Crippen LogP) is 2.56. The Bertz CT molecular complexity index is 1200. The van der Waals surface area contributed by atoms with Gasteiger partial charge in [0.15, 0.2) is 0 Å². The van der Waals surface area contributed by atoms with Gasteiger partial charge < -0.3 is 15.0 Å². The average molecular weight is 502 g/mol. The highest BCUT2D eigenvalue weighted by atomic mass is 32.2. The lowest BCUT2D eigenvalue weighted by molar-refractivity contribution is -0.141. The van der Waals surface area contributed by atoms with Gasteiger partial charge in [-0.1, -0.05) is 38.1 Å². The molecule has 1 heterocycles.